The lowest BCUT2D eigenvalue weighted by atomic mass is 10.2. The summed E-state index contributed by atoms with van der Waals surface area (Å²) in [5.41, 5.74) is 3.77. The molecule has 0 fully saturated rings. The van der Waals surface area contributed by atoms with Gasteiger partial charge in [0, 0.05) is 18.6 Å². The monoisotopic (exact) mass is 263 g/mol. The van der Waals surface area contributed by atoms with Crippen molar-refractivity contribution >= 4 is 17.4 Å². The van der Waals surface area contributed by atoms with Crippen LogP contribution in [0.4, 0.5) is 5.69 Å². The van der Waals surface area contributed by atoms with E-state index >= 15 is 0 Å². The van der Waals surface area contributed by atoms with Crippen molar-refractivity contribution in [1.82, 2.24) is 0 Å². The highest BCUT2D eigenvalue weighted by Crippen LogP contribution is 2.16. The van der Waals surface area contributed by atoms with Crippen LogP contribution in [0.1, 0.15) is 12.6 Å². The van der Waals surface area contributed by atoms with E-state index in [4.69, 9.17) is 0 Å². The number of rotatable bonds is 4. The van der Waals surface area contributed by atoms with Gasteiger partial charge in [0.05, 0.1) is 0 Å². The Kier molecular flexibility index (Phi) is 5.75. The topological polar surface area (TPSA) is 43.5 Å². The number of thioether (sulfide) groups is 1. The van der Waals surface area contributed by atoms with Gasteiger partial charge in [-0.2, -0.15) is 0 Å². The molecule has 0 amide bonds. The molecule has 0 bridgehead atoms. The highest BCUT2D eigenvalue weighted by Gasteiger charge is 1.95. The maximum absolute atomic E-state index is 3.42. The first kappa shape index (κ1) is 14.6. The highest BCUT2D eigenvalue weighted by molar-refractivity contribution is 7.98. The standard InChI is InChI=1S/C15H17NS.H2O.H2/c1-12-3-7-14(8-4-12)16-11-13-5-9-15(17-2)10-6-13;;/h3-10,16H,11H2,1-2H3;1H2;1H. The number of hydrogen-bond acceptors (Lipinski definition) is 2. The maximum Gasteiger partial charge on any atom is 0.0400 e. The van der Waals surface area contributed by atoms with Crippen molar-refractivity contribution in [2.24, 2.45) is 0 Å². The summed E-state index contributed by atoms with van der Waals surface area (Å²) in [5.74, 6) is 0. The molecule has 0 saturated carbocycles. The smallest absolute Gasteiger partial charge is 0.0400 e. The second-order valence-electron chi connectivity index (χ2n) is 4.07. The predicted molar refractivity (Wildman–Crippen MR) is 82.5 cm³/mol. The van der Waals surface area contributed by atoms with Gasteiger partial charge >= 0.3 is 0 Å². The lowest BCUT2D eigenvalue weighted by molar-refractivity contribution is 0.824. The average molecular weight is 263 g/mol. The number of benzene rings is 2. The molecular weight excluding hydrogens is 242 g/mol. The molecule has 0 unspecified atom stereocenters. The second-order valence-corrected chi connectivity index (χ2v) is 4.95. The zero-order valence-electron chi connectivity index (χ0n) is 10.7. The van der Waals surface area contributed by atoms with Crippen LogP contribution in [0.2, 0.25) is 0 Å². The van der Waals surface area contributed by atoms with Gasteiger partial charge in [-0.1, -0.05) is 29.8 Å². The zero-order valence-corrected chi connectivity index (χ0v) is 11.6. The Hall–Kier alpha value is -1.45. The van der Waals surface area contributed by atoms with E-state index in [9.17, 15) is 0 Å². The lowest BCUT2D eigenvalue weighted by Gasteiger charge is -2.07. The Labute approximate surface area is 114 Å². The SMILES string of the molecule is CSc1ccc(CNc2ccc(C)cc2)cc1.O.[HH]. The van der Waals surface area contributed by atoms with Crippen LogP contribution in [0.5, 0.6) is 0 Å². The third kappa shape index (κ3) is 4.09. The summed E-state index contributed by atoms with van der Waals surface area (Å²) in [6.45, 7) is 2.97. The van der Waals surface area contributed by atoms with Crippen LogP contribution in [0.3, 0.4) is 0 Å². The largest absolute Gasteiger partial charge is 0.412 e. The Morgan fingerprint density at radius 2 is 1.61 bits per heavy atom. The molecule has 3 heteroatoms. The van der Waals surface area contributed by atoms with Gasteiger partial charge in [-0.15, -0.1) is 11.8 Å². The van der Waals surface area contributed by atoms with Crippen LogP contribution >= 0.6 is 11.8 Å². The van der Waals surface area contributed by atoms with Crippen molar-refractivity contribution in [1.29, 1.82) is 0 Å². The van der Waals surface area contributed by atoms with Crippen molar-refractivity contribution in [2.45, 2.75) is 18.4 Å². The fourth-order valence-corrected chi connectivity index (χ4v) is 2.03. The summed E-state index contributed by atoms with van der Waals surface area (Å²) in [4.78, 5) is 1.31. The molecule has 2 aromatic carbocycles. The minimum absolute atomic E-state index is 0. The predicted octanol–water partition coefficient (Wildman–Crippen LogP) is 3.75. The minimum atomic E-state index is 0. The summed E-state index contributed by atoms with van der Waals surface area (Å²) in [5, 5.41) is 3.42. The Morgan fingerprint density at radius 1 is 1.00 bits per heavy atom. The fraction of sp³-hybridized carbons (Fsp3) is 0.200. The van der Waals surface area contributed by atoms with E-state index in [1.807, 2.05) is 0 Å². The Morgan fingerprint density at radius 3 is 2.17 bits per heavy atom. The molecule has 3 N–H and O–H groups in total. The zero-order chi connectivity index (χ0) is 12.1. The van der Waals surface area contributed by atoms with Crippen LogP contribution in [0, 0.1) is 6.92 Å². The summed E-state index contributed by atoms with van der Waals surface area (Å²) in [7, 11) is 0. The molecule has 2 nitrogen and oxygen atoms in total. The molecule has 2 aromatic rings. The van der Waals surface area contributed by atoms with Crippen molar-refractivity contribution < 1.29 is 6.90 Å². The summed E-state index contributed by atoms with van der Waals surface area (Å²) >= 11 is 1.77. The van der Waals surface area contributed by atoms with Gasteiger partial charge in [0.2, 0.25) is 0 Å². The normalized spacial score (nSPS) is 9.67. The van der Waals surface area contributed by atoms with E-state index in [0.717, 1.165) is 6.54 Å². The number of nitrogens with one attached hydrogen (secondary N) is 1. The van der Waals surface area contributed by atoms with E-state index in [0.29, 0.717) is 0 Å². The molecule has 18 heavy (non-hydrogen) atoms. The van der Waals surface area contributed by atoms with Crippen LogP contribution in [-0.2, 0) is 6.54 Å². The van der Waals surface area contributed by atoms with Crippen molar-refractivity contribution in [3.8, 4) is 0 Å². The number of hydrogen-bond donors (Lipinski definition) is 1. The molecule has 0 atom stereocenters. The van der Waals surface area contributed by atoms with Gasteiger partial charge in [0.15, 0.2) is 0 Å². The molecule has 98 valence electrons. The second kappa shape index (κ2) is 7.09. The molecule has 0 aliphatic rings. The van der Waals surface area contributed by atoms with Gasteiger partial charge in [-0.25, -0.2) is 0 Å². The van der Waals surface area contributed by atoms with Gasteiger partial charge < -0.3 is 10.8 Å². The van der Waals surface area contributed by atoms with Crippen molar-refractivity contribution in [3.05, 3.63) is 59.7 Å². The molecule has 0 spiro atoms. The van der Waals surface area contributed by atoms with E-state index in [-0.39, 0.29) is 6.90 Å². The Balaban J connectivity index is 0.00000162. The van der Waals surface area contributed by atoms with Crippen molar-refractivity contribution in [3.63, 3.8) is 0 Å². The molecule has 2 rings (SSSR count). The van der Waals surface area contributed by atoms with Crippen LogP contribution in [0.15, 0.2) is 53.4 Å². The first-order valence-electron chi connectivity index (χ1n) is 5.71. The number of aryl methyl sites for hydroxylation is 1. The number of anilines is 1. The first-order valence-corrected chi connectivity index (χ1v) is 6.94. The minimum Gasteiger partial charge on any atom is -0.412 e. The van der Waals surface area contributed by atoms with Crippen LogP contribution in [0.25, 0.3) is 0 Å². The van der Waals surface area contributed by atoms with E-state index in [2.05, 4.69) is 67.0 Å². The lowest BCUT2D eigenvalue weighted by Crippen LogP contribution is -1.98. The molecule has 0 aliphatic carbocycles. The molecule has 0 aliphatic heterocycles. The van der Waals surface area contributed by atoms with Crippen LogP contribution < -0.4 is 5.32 Å². The third-order valence-electron chi connectivity index (χ3n) is 2.71. The quantitative estimate of drug-likeness (QED) is 0.854. The van der Waals surface area contributed by atoms with Gasteiger partial charge in [0.25, 0.3) is 0 Å². The molecule has 0 aromatic heterocycles. The van der Waals surface area contributed by atoms with Crippen molar-refractivity contribution in [2.75, 3.05) is 11.6 Å². The molecule has 0 saturated heterocycles. The molecule has 0 radical (unpaired) electrons. The molecule has 0 heterocycles. The first-order chi connectivity index (χ1) is 8.28. The maximum atomic E-state index is 3.42. The Bertz CT molecular complexity index is 471. The van der Waals surface area contributed by atoms with E-state index in [1.165, 1.54) is 21.7 Å². The summed E-state index contributed by atoms with van der Waals surface area (Å²) in [6, 6.07) is 17.2. The van der Waals surface area contributed by atoms with Gasteiger partial charge in [0.1, 0.15) is 0 Å². The fourth-order valence-electron chi connectivity index (χ4n) is 1.62. The van der Waals surface area contributed by atoms with Crippen LogP contribution in [-0.4, -0.2) is 11.7 Å². The molecular formula is C15H21NOS. The van der Waals surface area contributed by atoms with Gasteiger partial charge in [-0.3, -0.25) is 0 Å². The highest BCUT2D eigenvalue weighted by atomic mass is 32.2. The third-order valence-corrected chi connectivity index (χ3v) is 3.45. The van der Waals surface area contributed by atoms with E-state index < -0.39 is 0 Å². The van der Waals surface area contributed by atoms with E-state index in [1.54, 1.807) is 11.8 Å². The summed E-state index contributed by atoms with van der Waals surface area (Å²) < 4.78 is 0. The average Bonchev–Trinajstić information content (AvgIpc) is 2.39. The summed E-state index contributed by atoms with van der Waals surface area (Å²) in [6.07, 6.45) is 2.10. The van der Waals surface area contributed by atoms with Gasteiger partial charge in [-0.05, 0) is 43.0 Å².